The Kier molecular flexibility index (Phi) is 5.79. The Morgan fingerprint density at radius 1 is 0.903 bits per heavy atom. The van der Waals surface area contributed by atoms with Gasteiger partial charge in [-0.3, -0.25) is 14.3 Å². The van der Waals surface area contributed by atoms with E-state index >= 15 is 0 Å². The number of benzene rings is 2. The molecule has 31 heavy (non-hydrogen) atoms. The summed E-state index contributed by atoms with van der Waals surface area (Å²) in [6.07, 6.45) is 1.02. The molecule has 0 aromatic heterocycles. The van der Waals surface area contributed by atoms with Crippen molar-refractivity contribution in [2.45, 2.75) is 25.2 Å². The van der Waals surface area contributed by atoms with Gasteiger partial charge in [-0.05, 0) is 42.5 Å². The third-order valence-electron chi connectivity index (χ3n) is 5.64. The second kappa shape index (κ2) is 8.24. The molecule has 2 aliphatic rings. The largest absolute Gasteiger partial charge is 0.366 e. The number of nitrogens with zero attached hydrogens (tertiary/aromatic N) is 1. The van der Waals surface area contributed by atoms with E-state index in [4.69, 9.17) is 0 Å². The maximum atomic E-state index is 13.5. The number of piperidine rings is 1. The summed E-state index contributed by atoms with van der Waals surface area (Å²) in [6, 6.07) is 12.7. The van der Waals surface area contributed by atoms with Crippen LogP contribution in [0.15, 0.2) is 69.3 Å². The van der Waals surface area contributed by atoms with E-state index in [0.29, 0.717) is 30.5 Å². The molecule has 2 aromatic carbocycles. The molecular weight excluding hydrogens is 480 g/mol. The van der Waals surface area contributed by atoms with Crippen molar-refractivity contribution in [1.82, 2.24) is 9.62 Å². The Morgan fingerprint density at radius 3 is 2.03 bits per heavy atom. The second-order valence-corrected chi connectivity index (χ2v) is 10.9. The minimum Gasteiger partial charge on any atom is -0.366 e. The first-order valence-corrected chi connectivity index (χ1v) is 12.4. The van der Waals surface area contributed by atoms with E-state index < -0.39 is 15.8 Å². The fraction of sp³-hybridized carbons (Fsp3) is 0.304. The van der Waals surface area contributed by atoms with Gasteiger partial charge in [0.2, 0.25) is 11.6 Å². The van der Waals surface area contributed by atoms with Crippen LogP contribution in [0.25, 0.3) is 0 Å². The zero-order valence-electron chi connectivity index (χ0n) is 17.3. The van der Waals surface area contributed by atoms with E-state index in [1.54, 1.807) is 36.4 Å². The summed E-state index contributed by atoms with van der Waals surface area (Å²) >= 11 is 3.29. The molecule has 4 rings (SSSR count). The highest BCUT2D eigenvalue weighted by molar-refractivity contribution is 9.10. The summed E-state index contributed by atoms with van der Waals surface area (Å²) < 4.78 is 29.4. The first kappa shape index (κ1) is 21.8. The van der Waals surface area contributed by atoms with E-state index in [1.165, 1.54) is 12.1 Å². The van der Waals surface area contributed by atoms with Crippen LogP contribution in [-0.4, -0.2) is 38.0 Å². The molecule has 162 valence electrons. The number of nitrogens with one attached hydrogen (secondary N) is 1. The van der Waals surface area contributed by atoms with Crippen LogP contribution in [0.2, 0.25) is 0 Å². The van der Waals surface area contributed by atoms with Gasteiger partial charge in [0.1, 0.15) is 11.4 Å². The van der Waals surface area contributed by atoms with E-state index in [0.717, 1.165) is 10.9 Å². The molecule has 1 saturated heterocycles. The van der Waals surface area contributed by atoms with Crippen LogP contribution in [0.1, 0.15) is 41.0 Å². The quantitative estimate of drug-likeness (QED) is 0.682. The number of carbonyl (C=O) groups excluding carboxylic acids is 2. The van der Waals surface area contributed by atoms with Gasteiger partial charge < -0.3 is 4.90 Å². The zero-order chi connectivity index (χ0) is 22.3. The van der Waals surface area contributed by atoms with E-state index in [-0.39, 0.29) is 27.6 Å². The van der Waals surface area contributed by atoms with Crippen LogP contribution in [0, 0.1) is 11.8 Å². The molecule has 1 fully saturated rings. The van der Waals surface area contributed by atoms with Crippen LogP contribution in [0.3, 0.4) is 0 Å². The number of halogens is 1. The fourth-order valence-electron chi connectivity index (χ4n) is 4.41. The lowest BCUT2D eigenvalue weighted by atomic mass is 9.86. The summed E-state index contributed by atoms with van der Waals surface area (Å²) in [5, 5.41) is 0. The average molecular weight is 503 g/mol. The fourth-order valence-corrected chi connectivity index (χ4v) is 5.75. The lowest BCUT2D eigenvalue weighted by molar-refractivity contribution is 0.0900. The summed E-state index contributed by atoms with van der Waals surface area (Å²) in [7, 11) is -4.06. The molecule has 0 radical (unpaired) electrons. The Bertz CT molecular complexity index is 1180. The number of carbonyl (C=O) groups is 2. The maximum Gasteiger partial charge on any atom is 0.262 e. The molecule has 1 heterocycles. The lowest BCUT2D eigenvalue weighted by Gasteiger charge is -2.39. The van der Waals surface area contributed by atoms with E-state index in [9.17, 15) is 18.0 Å². The topological polar surface area (TPSA) is 83.6 Å². The Balaban J connectivity index is 1.84. The van der Waals surface area contributed by atoms with E-state index in [1.807, 2.05) is 4.90 Å². The molecule has 2 aromatic rings. The van der Waals surface area contributed by atoms with Crippen molar-refractivity contribution < 1.29 is 18.0 Å². The van der Waals surface area contributed by atoms with E-state index in [2.05, 4.69) is 34.5 Å². The smallest absolute Gasteiger partial charge is 0.262 e. The zero-order valence-corrected chi connectivity index (χ0v) is 19.7. The van der Waals surface area contributed by atoms with Crippen molar-refractivity contribution in [3.8, 4) is 0 Å². The SMILES string of the molecule is C[C@@H]1C[C@H](C)CN(C2=C(NS(=O)(=O)c3ccc(Br)cc3)C(=O)c3ccccc3C2=O)C1. The second-order valence-electron chi connectivity index (χ2n) is 8.34. The molecule has 0 unspecified atom stereocenters. The van der Waals surface area contributed by atoms with Crippen LogP contribution in [-0.2, 0) is 10.0 Å². The first-order chi connectivity index (χ1) is 14.7. The van der Waals surface area contributed by atoms with Gasteiger partial charge in [-0.1, -0.05) is 54.0 Å². The molecular formula is C23H23BrN2O4S. The van der Waals surface area contributed by atoms with Gasteiger partial charge in [-0.15, -0.1) is 0 Å². The van der Waals surface area contributed by atoms with Crippen molar-refractivity contribution >= 4 is 37.5 Å². The van der Waals surface area contributed by atoms with Crippen molar-refractivity contribution in [2.75, 3.05) is 13.1 Å². The van der Waals surface area contributed by atoms with Crippen LogP contribution >= 0.6 is 15.9 Å². The highest BCUT2D eigenvalue weighted by Gasteiger charge is 2.38. The van der Waals surface area contributed by atoms with Gasteiger partial charge in [-0.2, -0.15) is 0 Å². The standard InChI is InChI=1S/C23H23BrN2O4S/c1-14-11-15(2)13-26(12-14)21-20(22(27)18-5-3-4-6-19(18)23(21)28)25-31(29,30)17-9-7-16(24)8-10-17/h3-10,14-15,25H,11-13H2,1-2H3/t14-,15+. The molecule has 6 nitrogen and oxygen atoms in total. The third-order valence-corrected chi connectivity index (χ3v) is 7.53. The molecule has 1 aliphatic heterocycles. The lowest BCUT2D eigenvalue weighted by Crippen LogP contribution is -2.45. The molecule has 8 heteroatoms. The number of likely N-dealkylation sites (tertiary alicyclic amines) is 1. The van der Waals surface area contributed by atoms with Crippen LogP contribution in [0.4, 0.5) is 0 Å². The predicted molar refractivity (Wildman–Crippen MR) is 121 cm³/mol. The minimum absolute atomic E-state index is 0.0158. The molecule has 0 saturated carbocycles. The van der Waals surface area contributed by atoms with Gasteiger partial charge in [0.05, 0.1) is 4.90 Å². The van der Waals surface area contributed by atoms with Crippen LogP contribution in [0.5, 0.6) is 0 Å². The Labute approximate surface area is 190 Å². The first-order valence-electron chi connectivity index (χ1n) is 10.1. The molecule has 1 aliphatic carbocycles. The molecule has 0 amide bonds. The predicted octanol–water partition coefficient (Wildman–Crippen LogP) is 4.00. The Morgan fingerprint density at radius 2 is 1.45 bits per heavy atom. The summed E-state index contributed by atoms with van der Waals surface area (Å²) in [6.45, 7) is 5.37. The normalized spacial score (nSPS) is 21.8. The average Bonchev–Trinajstić information content (AvgIpc) is 2.71. The number of sulfonamides is 1. The third kappa shape index (κ3) is 4.19. The van der Waals surface area contributed by atoms with Gasteiger partial charge >= 0.3 is 0 Å². The molecule has 1 N–H and O–H groups in total. The molecule has 0 spiro atoms. The maximum absolute atomic E-state index is 13.5. The summed E-state index contributed by atoms with van der Waals surface area (Å²) in [5.74, 6) is -0.178. The number of ketones is 2. The number of hydrogen-bond donors (Lipinski definition) is 1. The number of fused-ring (bicyclic) bond motifs is 1. The molecule has 2 atom stereocenters. The minimum atomic E-state index is -4.06. The monoisotopic (exact) mass is 502 g/mol. The van der Waals surface area contributed by atoms with Crippen LogP contribution < -0.4 is 4.72 Å². The highest BCUT2D eigenvalue weighted by Crippen LogP contribution is 2.32. The number of hydrogen-bond acceptors (Lipinski definition) is 5. The number of rotatable bonds is 4. The van der Waals surface area contributed by atoms with Gasteiger partial charge in [-0.25, -0.2) is 8.42 Å². The van der Waals surface area contributed by atoms with Crippen molar-refractivity contribution in [2.24, 2.45) is 11.8 Å². The van der Waals surface area contributed by atoms with Crippen molar-refractivity contribution in [1.29, 1.82) is 0 Å². The van der Waals surface area contributed by atoms with Gasteiger partial charge in [0.25, 0.3) is 10.0 Å². The number of allylic oxidation sites excluding steroid dienone is 2. The molecule has 0 bridgehead atoms. The summed E-state index contributed by atoms with van der Waals surface area (Å²) in [5.41, 5.74) is 0.485. The van der Waals surface area contributed by atoms with Crippen molar-refractivity contribution in [3.05, 3.63) is 75.5 Å². The van der Waals surface area contributed by atoms with Gasteiger partial charge in [0, 0.05) is 28.7 Å². The van der Waals surface area contributed by atoms with Crippen molar-refractivity contribution in [3.63, 3.8) is 0 Å². The van der Waals surface area contributed by atoms with Gasteiger partial charge in [0.15, 0.2) is 0 Å². The summed E-state index contributed by atoms with van der Waals surface area (Å²) in [4.78, 5) is 28.7. The Hall–Kier alpha value is -2.45. The number of Topliss-reactive ketones (excluding diaryl/α,β-unsaturated/α-hetero) is 2. The highest BCUT2D eigenvalue weighted by atomic mass is 79.9.